The molecule has 0 aliphatic heterocycles. The van der Waals surface area contributed by atoms with Crippen molar-refractivity contribution in [2.24, 2.45) is 0 Å². The molecule has 2 aromatic carbocycles. The van der Waals surface area contributed by atoms with E-state index in [1.54, 1.807) is 30.3 Å². The van der Waals surface area contributed by atoms with Gasteiger partial charge in [0.05, 0.1) is 17.4 Å². The van der Waals surface area contributed by atoms with Gasteiger partial charge in [-0.25, -0.2) is 9.78 Å². The molecule has 0 radical (unpaired) electrons. The lowest BCUT2D eigenvalue weighted by molar-refractivity contribution is -0.119. The average Bonchev–Trinajstić information content (AvgIpc) is 2.76. The Morgan fingerprint density at radius 1 is 0.897 bits per heavy atom. The SMILES string of the molecule is O=C(COC(=O)c1cnccn1)Nc1cccc2c1C(=O)c1ccccc1C2=O. The van der Waals surface area contributed by atoms with E-state index in [0.717, 1.165) is 0 Å². The molecule has 142 valence electrons. The van der Waals surface area contributed by atoms with Gasteiger partial charge in [0, 0.05) is 29.1 Å². The van der Waals surface area contributed by atoms with Gasteiger partial charge in [0.1, 0.15) is 0 Å². The van der Waals surface area contributed by atoms with Crippen LogP contribution < -0.4 is 5.32 Å². The molecule has 4 rings (SSSR count). The lowest BCUT2D eigenvalue weighted by Gasteiger charge is -2.20. The van der Waals surface area contributed by atoms with E-state index in [1.807, 2.05) is 0 Å². The molecule has 3 aromatic rings. The van der Waals surface area contributed by atoms with E-state index >= 15 is 0 Å². The summed E-state index contributed by atoms with van der Waals surface area (Å²) in [5.74, 6) is -2.11. The molecule has 0 unspecified atom stereocenters. The molecule has 0 saturated carbocycles. The molecule has 0 saturated heterocycles. The molecule has 1 aromatic heterocycles. The van der Waals surface area contributed by atoms with E-state index in [-0.39, 0.29) is 39.6 Å². The minimum Gasteiger partial charge on any atom is -0.451 e. The number of carbonyl (C=O) groups excluding carboxylic acids is 4. The fourth-order valence-electron chi connectivity index (χ4n) is 3.05. The maximum Gasteiger partial charge on any atom is 0.359 e. The number of esters is 1. The largest absolute Gasteiger partial charge is 0.451 e. The molecule has 0 atom stereocenters. The highest BCUT2D eigenvalue weighted by Gasteiger charge is 2.31. The molecular formula is C21H13N3O5. The highest BCUT2D eigenvalue weighted by Crippen LogP contribution is 2.31. The molecule has 1 amide bonds. The van der Waals surface area contributed by atoms with Crippen LogP contribution in [0, 0.1) is 0 Å². The number of nitrogens with one attached hydrogen (secondary N) is 1. The van der Waals surface area contributed by atoms with Crippen LogP contribution >= 0.6 is 0 Å². The summed E-state index contributed by atoms with van der Waals surface area (Å²) < 4.78 is 4.91. The lowest BCUT2D eigenvalue weighted by Crippen LogP contribution is -2.26. The van der Waals surface area contributed by atoms with Crippen LogP contribution in [0.3, 0.4) is 0 Å². The number of hydrogen-bond donors (Lipinski definition) is 1. The molecular weight excluding hydrogens is 374 g/mol. The lowest BCUT2D eigenvalue weighted by atomic mass is 9.83. The quantitative estimate of drug-likeness (QED) is 0.533. The summed E-state index contributed by atoms with van der Waals surface area (Å²) in [5, 5.41) is 2.53. The maximum absolute atomic E-state index is 12.9. The smallest absolute Gasteiger partial charge is 0.359 e. The first kappa shape index (κ1) is 18.2. The Labute approximate surface area is 164 Å². The van der Waals surface area contributed by atoms with Gasteiger partial charge >= 0.3 is 5.97 Å². The highest BCUT2D eigenvalue weighted by atomic mass is 16.5. The number of amides is 1. The van der Waals surface area contributed by atoms with E-state index < -0.39 is 18.5 Å². The van der Waals surface area contributed by atoms with Gasteiger partial charge in [0.25, 0.3) is 5.91 Å². The third-order valence-corrected chi connectivity index (χ3v) is 4.33. The van der Waals surface area contributed by atoms with Crippen molar-refractivity contribution in [1.82, 2.24) is 9.97 Å². The monoisotopic (exact) mass is 387 g/mol. The molecule has 29 heavy (non-hydrogen) atoms. The number of carbonyl (C=O) groups is 4. The molecule has 1 heterocycles. The van der Waals surface area contributed by atoms with E-state index in [9.17, 15) is 19.2 Å². The molecule has 1 aliphatic carbocycles. The van der Waals surface area contributed by atoms with Crippen molar-refractivity contribution in [1.29, 1.82) is 0 Å². The number of anilines is 1. The van der Waals surface area contributed by atoms with Gasteiger partial charge < -0.3 is 10.1 Å². The minimum atomic E-state index is -0.802. The standard InChI is InChI=1S/C21H13N3O5/c25-17(11-29-21(28)16-10-22-8-9-23-16)24-15-7-3-6-14-18(15)20(27)13-5-2-1-4-12(13)19(14)26/h1-10H,11H2,(H,24,25). The van der Waals surface area contributed by atoms with Gasteiger partial charge in [0.2, 0.25) is 0 Å². The Morgan fingerprint density at radius 3 is 2.34 bits per heavy atom. The van der Waals surface area contributed by atoms with Crippen molar-refractivity contribution < 1.29 is 23.9 Å². The van der Waals surface area contributed by atoms with Gasteiger partial charge in [-0.3, -0.25) is 19.4 Å². The molecule has 0 fully saturated rings. The zero-order chi connectivity index (χ0) is 20.4. The van der Waals surface area contributed by atoms with Gasteiger partial charge in [-0.15, -0.1) is 0 Å². The van der Waals surface area contributed by atoms with Crippen LogP contribution in [0.1, 0.15) is 42.3 Å². The maximum atomic E-state index is 12.9. The predicted molar refractivity (Wildman–Crippen MR) is 101 cm³/mol. The van der Waals surface area contributed by atoms with E-state index in [4.69, 9.17) is 4.74 Å². The van der Waals surface area contributed by atoms with E-state index in [0.29, 0.717) is 5.56 Å². The van der Waals surface area contributed by atoms with Gasteiger partial charge in [-0.2, -0.15) is 0 Å². The number of ether oxygens (including phenoxy) is 1. The summed E-state index contributed by atoms with van der Waals surface area (Å²) in [6.07, 6.45) is 3.95. The van der Waals surface area contributed by atoms with Gasteiger partial charge in [0.15, 0.2) is 23.9 Å². The molecule has 0 bridgehead atoms. The first-order chi connectivity index (χ1) is 14.1. The van der Waals surface area contributed by atoms with Crippen molar-refractivity contribution in [2.45, 2.75) is 0 Å². The average molecular weight is 387 g/mol. The van der Waals surface area contributed by atoms with Crippen molar-refractivity contribution in [3.8, 4) is 0 Å². The normalized spacial score (nSPS) is 12.0. The van der Waals surface area contributed by atoms with Crippen molar-refractivity contribution in [3.05, 3.63) is 89.0 Å². The van der Waals surface area contributed by atoms with Gasteiger partial charge in [-0.05, 0) is 6.07 Å². The third-order valence-electron chi connectivity index (χ3n) is 4.33. The second kappa shape index (κ2) is 7.43. The Kier molecular flexibility index (Phi) is 4.66. The third kappa shape index (κ3) is 3.39. The zero-order valence-electron chi connectivity index (χ0n) is 14.9. The van der Waals surface area contributed by atoms with Crippen LogP contribution in [0.2, 0.25) is 0 Å². The Morgan fingerprint density at radius 2 is 1.62 bits per heavy atom. The van der Waals surface area contributed by atoms with Crippen molar-refractivity contribution >= 4 is 29.1 Å². The second-order valence-corrected chi connectivity index (χ2v) is 6.15. The summed E-state index contributed by atoms with van der Waals surface area (Å²) in [6.45, 7) is -0.586. The number of aromatic nitrogens is 2. The van der Waals surface area contributed by atoms with Crippen LogP contribution in [0.15, 0.2) is 61.1 Å². The number of fused-ring (bicyclic) bond motifs is 2. The Hall–Kier alpha value is -4.20. The number of ketones is 2. The zero-order valence-corrected chi connectivity index (χ0v) is 14.9. The summed E-state index contributed by atoms with van der Waals surface area (Å²) >= 11 is 0. The first-order valence-electron chi connectivity index (χ1n) is 8.60. The first-order valence-corrected chi connectivity index (χ1v) is 8.60. The van der Waals surface area contributed by atoms with Crippen LogP contribution in [-0.2, 0) is 9.53 Å². The van der Waals surface area contributed by atoms with E-state index in [2.05, 4.69) is 15.3 Å². The molecule has 1 aliphatic rings. The Bertz CT molecular complexity index is 1160. The van der Waals surface area contributed by atoms with Crippen LogP contribution in [0.5, 0.6) is 0 Å². The summed E-state index contributed by atoms with van der Waals surface area (Å²) in [7, 11) is 0. The minimum absolute atomic E-state index is 0.0326. The van der Waals surface area contributed by atoms with Crippen LogP contribution in [0.25, 0.3) is 0 Å². The number of nitrogens with zero attached hydrogens (tertiary/aromatic N) is 2. The topological polar surface area (TPSA) is 115 Å². The van der Waals surface area contributed by atoms with Crippen LogP contribution in [-0.4, -0.2) is 40.0 Å². The van der Waals surface area contributed by atoms with Gasteiger partial charge in [-0.1, -0.05) is 36.4 Å². The fraction of sp³-hybridized carbons (Fsp3) is 0.0476. The summed E-state index contributed by atoms with van der Waals surface area (Å²) in [5.41, 5.74) is 1.07. The predicted octanol–water partition coefficient (Wildman–Crippen LogP) is 2.05. The van der Waals surface area contributed by atoms with Crippen LogP contribution in [0.4, 0.5) is 5.69 Å². The molecule has 8 heteroatoms. The Balaban J connectivity index is 1.53. The number of hydrogen-bond acceptors (Lipinski definition) is 7. The number of rotatable bonds is 4. The molecule has 8 nitrogen and oxygen atoms in total. The summed E-state index contributed by atoms with van der Waals surface area (Å²) in [6, 6.07) is 11.1. The molecule has 0 spiro atoms. The van der Waals surface area contributed by atoms with E-state index in [1.165, 1.54) is 30.7 Å². The van der Waals surface area contributed by atoms with Crippen molar-refractivity contribution in [2.75, 3.05) is 11.9 Å². The fourth-order valence-corrected chi connectivity index (χ4v) is 3.05. The number of benzene rings is 2. The van der Waals surface area contributed by atoms with Crippen molar-refractivity contribution in [3.63, 3.8) is 0 Å². The molecule has 1 N–H and O–H groups in total. The summed E-state index contributed by atoms with van der Waals surface area (Å²) in [4.78, 5) is 57.3. The highest BCUT2D eigenvalue weighted by molar-refractivity contribution is 6.30. The second-order valence-electron chi connectivity index (χ2n) is 6.15.